The Kier molecular flexibility index (Phi) is 5.61. The molecule has 29 heavy (non-hydrogen) atoms. The molecule has 0 bridgehead atoms. The minimum Gasteiger partial charge on any atom is -0.337 e. The van der Waals surface area contributed by atoms with Gasteiger partial charge in [0.2, 0.25) is 11.8 Å². The smallest absolute Gasteiger partial charge is 0.255 e. The van der Waals surface area contributed by atoms with Gasteiger partial charge in [0.05, 0.1) is 6.54 Å². The van der Waals surface area contributed by atoms with Crippen molar-refractivity contribution < 1.29 is 14.4 Å². The summed E-state index contributed by atoms with van der Waals surface area (Å²) in [6, 6.07) is 7.03. The molecule has 0 N–H and O–H groups in total. The zero-order valence-corrected chi connectivity index (χ0v) is 17.5. The Morgan fingerprint density at radius 1 is 1.10 bits per heavy atom. The van der Waals surface area contributed by atoms with Gasteiger partial charge >= 0.3 is 0 Å². The first kappa shape index (κ1) is 19.9. The van der Waals surface area contributed by atoms with Crippen molar-refractivity contribution in [1.82, 2.24) is 14.7 Å². The molecule has 3 aliphatic rings. The predicted octanol–water partition coefficient (Wildman–Crippen LogP) is 2.81. The second kappa shape index (κ2) is 8.17. The largest absolute Gasteiger partial charge is 0.337 e. The highest BCUT2D eigenvalue weighted by atomic mass is 16.2. The molecule has 1 saturated carbocycles. The normalized spacial score (nSPS) is 25.5. The second-order valence-electron chi connectivity index (χ2n) is 8.80. The number of hydrogen-bond donors (Lipinski definition) is 0. The lowest BCUT2D eigenvalue weighted by molar-refractivity contribution is -0.165. The molecule has 1 aromatic rings. The van der Waals surface area contributed by atoms with E-state index in [1.807, 2.05) is 36.1 Å². The Balaban J connectivity index is 1.53. The number of amides is 3. The molecular formula is C23H31N3O3. The summed E-state index contributed by atoms with van der Waals surface area (Å²) < 4.78 is 0. The van der Waals surface area contributed by atoms with E-state index < -0.39 is 6.04 Å². The first-order valence-electron chi connectivity index (χ1n) is 10.9. The first-order valence-corrected chi connectivity index (χ1v) is 10.9. The standard InChI is InChI=1S/C23H31N3O3/c1-16-7-9-19(10-8-16)23(29)25-14-12-21(27)26-17(2)22(28)24(15-20(25)26)13-11-18-5-3-4-6-18/h7-10,17-18,20H,3-6,11-15H2,1-2H3. The Morgan fingerprint density at radius 3 is 2.48 bits per heavy atom. The highest BCUT2D eigenvalue weighted by molar-refractivity contribution is 5.97. The minimum atomic E-state index is -0.515. The van der Waals surface area contributed by atoms with Crippen LogP contribution in [0.2, 0.25) is 0 Å². The maximum Gasteiger partial charge on any atom is 0.255 e. The van der Waals surface area contributed by atoms with Gasteiger partial charge in [0.25, 0.3) is 5.91 Å². The molecule has 0 radical (unpaired) electrons. The van der Waals surface area contributed by atoms with E-state index in [9.17, 15) is 14.4 Å². The van der Waals surface area contributed by atoms with Gasteiger partial charge in [0.1, 0.15) is 12.2 Å². The van der Waals surface area contributed by atoms with Gasteiger partial charge in [-0.1, -0.05) is 43.4 Å². The van der Waals surface area contributed by atoms with Crippen molar-refractivity contribution in [2.24, 2.45) is 5.92 Å². The highest BCUT2D eigenvalue weighted by Gasteiger charge is 2.47. The maximum atomic E-state index is 13.2. The van der Waals surface area contributed by atoms with Crippen LogP contribution in [0.5, 0.6) is 0 Å². The number of hydrogen-bond acceptors (Lipinski definition) is 3. The topological polar surface area (TPSA) is 60.9 Å². The van der Waals surface area contributed by atoms with Crippen LogP contribution in [-0.4, -0.2) is 64.3 Å². The molecule has 156 valence electrons. The van der Waals surface area contributed by atoms with Crippen LogP contribution in [0.25, 0.3) is 0 Å². The molecular weight excluding hydrogens is 366 g/mol. The van der Waals surface area contributed by atoms with Gasteiger partial charge in [0.15, 0.2) is 0 Å². The van der Waals surface area contributed by atoms with Crippen molar-refractivity contribution >= 4 is 17.7 Å². The van der Waals surface area contributed by atoms with E-state index >= 15 is 0 Å². The lowest BCUT2D eigenvalue weighted by Gasteiger charge is -2.51. The Bertz CT molecular complexity index is 785. The van der Waals surface area contributed by atoms with Gasteiger partial charge in [-0.2, -0.15) is 0 Å². The van der Waals surface area contributed by atoms with Crippen molar-refractivity contribution in [3.63, 3.8) is 0 Å². The van der Waals surface area contributed by atoms with Crippen LogP contribution in [0.1, 0.15) is 61.4 Å². The molecule has 6 nitrogen and oxygen atoms in total. The highest BCUT2D eigenvalue weighted by Crippen LogP contribution is 2.30. The summed E-state index contributed by atoms with van der Waals surface area (Å²) >= 11 is 0. The van der Waals surface area contributed by atoms with E-state index in [1.54, 1.807) is 16.7 Å². The van der Waals surface area contributed by atoms with Crippen LogP contribution in [0.3, 0.4) is 0 Å². The third kappa shape index (κ3) is 3.89. The number of rotatable bonds is 4. The van der Waals surface area contributed by atoms with Crippen molar-refractivity contribution in [3.8, 4) is 0 Å². The fourth-order valence-corrected chi connectivity index (χ4v) is 5.08. The van der Waals surface area contributed by atoms with Crippen LogP contribution >= 0.6 is 0 Å². The molecule has 0 spiro atoms. The van der Waals surface area contributed by atoms with E-state index in [2.05, 4.69) is 0 Å². The van der Waals surface area contributed by atoms with E-state index in [4.69, 9.17) is 0 Å². The van der Waals surface area contributed by atoms with Gasteiger partial charge in [-0.25, -0.2) is 0 Å². The van der Waals surface area contributed by atoms with Crippen LogP contribution in [0, 0.1) is 12.8 Å². The minimum absolute atomic E-state index is 0.0113. The van der Waals surface area contributed by atoms with Gasteiger partial charge in [0, 0.05) is 25.1 Å². The number of nitrogens with zero attached hydrogens (tertiary/aromatic N) is 3. The molecule has 2 aliphatic heterocycles. The number of aryl methyl sites for hydroxylation is 1. The molecule has 3 fully saturated rings. The molecule has 2 saturated heterocycles. The average Bonchev–Trinajstić information content (AvgIpc) is 3.23. The number of benzene rings is 1. The zero-order valence-electron chi connectivity index (χ0n) is 17.5. The van der Waals surface area contributed by atoms with Crippen LogP contribution in [0.15, 0.2) is 24.3 Å². The Labute approximate surface area is 172 Å². The molecule has 1 aromatic carbocycles. The van der Waals surface area contributed by atoms with Crippen molar-refractivity contribution in [2.45, 2.75) is 64.6 Å². The van der Waals surface area contributed by atoms with E-state index in [-0.39, 0.29) is 30.3 Å². The molecule has 6 heteroatoms. The fourth-order valence-electron chi connectivity index (χ4n) is 5.08. The fraction of sp³-hybridized carbons (Fsp3) is 0.609. The molecule has 2 atom stereocenters. The molecule has 3 amide bonds. The monoisotopic (exact) mass is 397 g/mol. The third-order valence-electron chi connectivity index (χ3n) is 6.85. The average molecular weight is 398 g/mol. The SMILES string of the molecule is Cc1ccc(C(=O)N2CCC(=O)N3C(C)C(=O)N(CCC4CCCC4)CC23)cc1. The number of carbonyl (C=O) groups is 3. The van der Waals surface area contributed by atoms with E-state index in [0.717, 1.165) is 18.5 Å². The number of carbonyl (C=O) groups excluding carboxylic acids is 3. The number of piperazine rings is 1. The van der Waals surface area contributed by atoms with E-state index in [1.165, 1.54) is 25.7 Å². The second-order valence-corrected chi connectivity index (χ2v) is 8.80. The van der Waals surface area contributed by atoms with Crippen LogP contribution in [0.4, 0.5) is 0 Å². The van der Waals surface area contributed by atoms with Crippen molar-refractivity contribution in [1.29, 1.82) is 0 Å². The zero-order chi connectivity index (χ0) is 20.5. The predicted molar refractivity (Wildman–Crippen MR) is 110 cm³/mol. The Hall–Kier alpha value is -2.37. The van der Waals surface area contributed by atoms with Gasteiger partial charge in [-0.3, -0.25) is 14.4 Å². The van der Waals surface area contributed by atoms with Gasteiger partial charge in [-0.05, 0) is 38.3 Å². The van der Waals surface area contributed by atoms with Crippen molar-refractivity contribution in [3.05, 3.63) is 35.4 Å². The quantitative estimate of drug-likeness (QED) is 0.785. The van der Waals surface area contributed by atoms with Crippen LogP contribution in [-0.2, 0) is 9.59 Å². The van der Waals surface area contributed by atoms with E-state index in [0.29, 0.717) is 24.6 Å². The molecule has 2 heterocycles. The lowest BCUT2D eigenvalue weighted by Crippen LogP contribution is -2.70. The summed E-state index contributed by atoms with van der Waals surface area (Å²) in [5.74, 6) is 0.621. The lowest BCUT2D eigenvalue weighted by atomic mass is 10.0. The summed E-state index contributed by atoms with van der Waals surface area (Å²) in [7, 11) is 0. The maximum absolute atomic E-state index is 13.2. The number of fused-ring (bicyclic) bond motifs is 1. The van der Waals surface area contributed by atoms with Gasteiger partial charge in [-0.15, -0.1) is 0 Å². The summed E-state index contributed by atoms with van der Waals surface area (Å²) in [6.07, 6.45) is 6.00. The first-order chi connectivity index (χ1) is 14.0. The summed E-state index contributed by atoms with van der Waals surface area (Å²) in [5.41, 5.74) is 1.74. The molecule has 2 unspecified atom stereocenters. The van der Waals surface area contributed by atoms with Crippen molar-refractivity contribution in [2.75, 3.05) is 19.6 Å². The molecule has 4 rings (SSSR count). The summed E-state index contributed by atoms with van der Waals surface area (Å²) in [4.78, 5) is 44.1. The third-order valence-corrected chi connectivity index (χ3v) is 6.85. The Morgan fingerprint density at radius 2 is 1.79 bits per heavy atom. The summed E-state index contributed by atoms with van der Waals surface area (Å²) in [5, 5.41) is 0. The molecule has 1 aliphatic carbocycles. The summed E-state index contributed by atoms with van der Waals surface area (Å²) in [6.45, 7) is 5.34. The van der Waals surface area contributed by atoms with Crippen LogP contribution < -0.4 is 0 Å². The van der Waals surface area contributed by atoms with Gasteiger partial charge < -0.3 is 14.7 Å². The molecule has 0 aromatic heterocycles.